The molecular formula is C22H28N2O4S. The summed E-state index contributed by atoms with van der Waals surface area (Å²) in [5.41, 5.74) is 2.52. The third-order valence-electron chi connectivity index (χ3n) is 5.14. The number of rotatable bonds is 9. The Kier molecular flexibility index (Phi) is 7.28. The maximum Gasteiger partial charge on any atom is 0.220 e. The summed E-state index contributed by atoms with van der Waals surface area (Å²) in [6.07, 6.45) is 1.43. The maximum atomic E-state index is 12.1. The molecule has 2 aromatic rings. The van der Waals surface area contributed by atoms with Gasteiger partial charge in [-0.05, 0) is 48.7 Å². The first-order chi connectivity index (χ1) is 14.0. The normalized spacial score (nSPS) is 13.6. The van der Waals surface area contributed by atoms with Gasteiger partial charge in [-0.25, -0.2) is 0 Å². The molecule has 0 atom stereocenters. The Bertz CT molecular complexity index is 878. The fourth-order valence-electron chi connectivity index (χ4n) is 3.51. The average Bonchev–Trinajstić information content (AvgIpc) is 3.17. The van der Waals surface area contributed by atoms with E-state index in [2.05, 4.69) is 16.3 Å². The van der Waals surface area contributed by atoms with Crippen LogP contribution in [0, 0.1) is 6.92 Å². The topological polar surface area (TPSA) is 67.9 Å². The largest absolute Gasteiger partial charge is 0.493 e. The van der Waals surface area contributed by atoms with Gasteiger partial charge in [0, 0.05) is 43.9 Å². The van der Waals surface area contributed by atoms with Crippen LogP contribution in [0.2, 0.25) is 0 Å². The van der Waals surface area contributed by atoms with E-state index in [-0.39, 0.29) is 24.5 Å². The maximum absolute atomic E-state index is 12.1. The minimum atomic E-state index is -0.0737. The molecule has 1 aliphatic heterocycles. The highest BCUT2D eigenvalue weighted by atomic mass is 32.1. The summed E-state index contributed by atoms with van der Waals surface area (Å²) >= 11 is 1.48. The van der Waals surface area contributed by atoms with Crippen molar-refractivity contribution >= 4 is 23.0 Å². The third-order valence-corrected chi connectivity index (χ3v) is 6.18. The van der Waals surface area contributed by atoms with E-state index in [0.29, 0.717) is 6.54 Å². The minimum Gasteiger partial charge on any atom is -0.493 e. The number of amides is 1. The highest BCUT2D eigenvalue weighted by Gasteiger charge is 2.19. The number of ketones is 1. The summed E-state index contributed by atoms with van der Waals surface area (Å²) in [4.78, 5) is 28.3. The second-order valence-corrected chi connectivity index (χ2v) is 8.47. The van der Waals surface area contributed by atoms with Crippen LogP contribution in [0.15, 0.2) is 24.3 Å². The van der Waals surface area contributed by atoms with Crippen LogP contribution in [0.5, 0.6) is 11.5 Å². The lowest BCUT2D eigenvalue weighted by molar-refractivity contribution is -0.121. The molecule has 0 spiro atoms. The Morgan fingerprint density at radius 2 is 1.83 bits per heavy atom. The first-order valence-electron chi connectivity index (χ1n) is 9.82. The Morgan fingerprint density at radius 1 is 1.10 bits per heavy atom. The van der Waals surface area contributed by atoms with Gasteiger partial charge in [-0.3, -0.25) is 14.5 Å². The lowest BCUT2D eigenvalue weighted by Crippen LogP contribution is -2.37. The molecule has 0 aliphatic carbocycles. The van der Waals surface area contributed by atoms with Crippen molar-refractivity contribution in [2.45, 2.75) is 32.7 Å². The number of hydrogen-bond acceptors (Lipinski definition) is 6. The number of methoxy groups -OCH3 is 2. The van der Waals surface area contributed by atoms with Crippen molar-refractivity contribution < 1.29 is 19.1 Å². The van der Waals surface area contributed by atoms with Crippen molar-refractivity contribution in [3.05, 3.63) is 45.1 Å². The smallest absolute Gasteiger partial charge is 0.220 e. The van der Waals surface area contributed by atoms with Gasteiger partial charge in [0.15, 0.2) is 17.3 Å². The molecule has 1 N–H and O–H groups in total. The van der Waals surface area contributed by atoms with E-state index in [0.717, 1.165) is 47.3 Å². The summed E-state index contributed by atoms with van der Waals surface area (Å²) < 4.78 is 10.8. The van der Waals surface area contributed by atoms with E-state index in [1.54, 1.807) is 14.2 Å². The zero-order chi connectivity index (χ0) is 20.8. The molecule has 1 aromatic carbocycles. The summed E-state index contributed by atoms with van der Waals surface area (Å²) in [5.74, 6) is 1.47. The lowest BCUT2D eigenvalue weighted by Gasteiger charge is -2.29. The molecule has 156 valence electrons. The van der Waals surface area contributed by atoms with Crippen molar-refractivity contribution in [1.82, 2.24) is 10.2 Å². The molecule has 6 nitrogen and oxygen atoms in total. The molecule has 0 saturated carbocycles. The fourth-order valence-corrected chi connectivity index (χ4v) is 4.34. The molecule has 7 heteroatoms. The van der Waals surface area contributed by atoms with Crippen molar-refractivity contribution in [3.8, 4) is 11.5 Å². The summed E-state index contributed by atoms with van der Waals surface area (Å²) in [6.45, 7) is 5.08. The number of aryl methyl sites for hydroxylation is 1. The number of benzene rings is 1. The van der Waals surface area contributed by atoms with E-state index < -0.39 is 0 Å². The third kappa shape index (κ3) is 5.58. The molecule has 2 heterocycles. The minimum absolute atomic E-state index is 0.0373. The van der Waals surface area contributed by atoms with Gasteiger partial charge in [-0.15, -0.1) is 11.3 Å². The van der Waals surface area contributed by atoms with Crippen molar-refractivity contribution in [1.29, 1.82) is 0 Å². The quantitative estimate of drug-likeness (QED) is 0.636. The van der Waals surface area contributed by atoms with Gasteiger partial charge < -0.3 is 14.8 Å². The molecule has 0 bridgehead atoms. The molecule has 1 aromatic heterocycles. The Labute approximate surface area is 175 Å². The Morgan fingerprint density at radius 3 is 2.48 bits per heavy atom. The molecule has 1 aliphatic rings. The lowest BCUT2D eigenvalue weighted by atomic mass is 9.99. The fraction of sp³-hybridized carbons (Fsp3) is 0.455. The van der Waals surface area contributed by atoms with Crippen LogP contribution in [-0.2, 0) is 17.8 Å². The van der Waals surface area contributed by atoms with Gasteiger partial charge in [0.05, 0.1) is 19.1 Å². The highest BCUT2D eigenvalue weighted by Crippen LogP contribution is 2.33. The standard InChI is InChI=1S/C22H28N2O4S/c1-15-4-6-21(29-15)18(25)5-7-22(26)23-9-11-24-10-8-16-12-19(27-2)20(28-3)13-17(16)14-24/h4,6,12-13H,5,7-11,14H2,1-3H3,(H,23,26). The monoisotopic (exact) mass is 416 g/mol. The molecule has 0 unspecified atom stereocenters. The first kappa shape index (κ1) is 21.3. The van der Waals surface area contributed by atoms with E-state index in [1.807, 2.05) is 25.1 Å². The zero-order valence-electron chi connectivity index (χ0n) is 17.2. The summed E-state index contributed by atoms with van der Waals surface area (Å²) in [6, 6.07) is 7.86. The number of ether oxygens (including phenoxy) is 2. The molecule has 1 amide bonds. The van der Waals surface area contributed by atoms with Gasteiger partial charge >= 0.3 is 0 Å². The number of carbonyl (C=O) groups is 2. The van der Waals surface area contributed by atoms with Crippen molar-refractivity contribution in [2.75, 3.05) is 33.9 Å². The Balaban J connectivity index is 1.42. The van der Waals surface area contributed by atoms with E-state index in [4.69, 9.17) is 9.47 Å². The number of carbonyl (C=O) groups excluding carboxylic acids is 2. The van der Waals surface area contributed by atoms with Gasteiger partial charge in [-0.2, -0.15) is 0 Å². The van der Waals surface area contributed by atoms with Crippen LogP contribution in [0.25, 0.3) is 0 Å². The number of nitrogens with zero attached hydrogens (tertiary/aromatic N) is 1. The molecular weight excluding hydrogens is 388 g/mol. The van der Waals surface area contributed by atoms with Crippen LogP contribution in [-0.4, -0.2) is 50.4 Å². The second kappa shape index (κ2) is 9.89. The highest BCUT2D eigenvalue weighted by molar-refractivity contribution is 7.14. The SMILES string of the molecule is COc1cc2c(cc1OC)CN(CCNC(=O)CCC(=O)c1ccc(C)s1)CC2. The van der Waals surface area contributed by atoms with E-state index in [9.17, 15) is 9.59 Å². The number of fused-ring (bicyclic) bond motifs is 1. The van der Waals surface area contributed by atoms with Crippen LogP contribution in [0.4, 0.5) is 0 Å². The number of nitrogens with one attached hydrogen (secondary N) is 1. The predicted octanol–water partition coefficient (Wildman–Crippen LogP) is 3.21. The van der Waals surface area contributed by atoms with Crippen molar-refractivity contribution in [3.63, 3.8) is 0 Å². The Hall–Kier alpha value is -2.38. The van der Waals surface area contributed by atoms with Gasteiger partial charge in [0.1, 0.15) is 0 Å². The summed E-state index contributed by atoms with van der Waals surface area (Å²) in [7, 11) is 3.29. The van der Waals surface area contributed by atoms with Crippen LogP contribution in [0.3, 0.4) is 0 Å². The van der Waals surface area contributed by atoms with Crippen molar-refractivity contribution in [2.24, 2.45) is 0 Å². The van der Waals surface area contributed by atoms with Crippen LogP contribution in [0.1, 0.15) is 38.5 Å². The van der Waals surface area contributed by atoms with Crippen LogP contribution >= 0.6 is 11.3 Å². The molecule has 0 saturated heterocycles. The van der Waals surface area contributed by atoms with Gasteiger partial charge in [0.2, 0.25) is 5.91 Å². The molecule has 0 radical (unpaired) electrons. The average molecular weight is 417 g/mol. The summed E-state index contributed by atoms with van der Waals surface area (Å²) in [5, 5.41) is 2.93. The first-order valence-corrected chi connectivity index (χ1v) is 10.6. The zero-order valence-corrected chi connectivity index (χ0v) is 18.1. The van der Waals surface area contributed by atoms with Gasteiger partial charge in [-0.1, -0.05) is 0 Å². The molecule has 29 heavy (non-hydrogen) atoms. The number of hydrogen-bond donors (Lipinski definition) is 1. The van der Waals surface area contributed by atoms with Crippen LogP contribution < -0.4 is 14.8 Å². The number of thiophene rings is 1. The second-order valence-electron chi connectivity index (χ2n) is 7.19. The molecule has 0 fully saturated rings. The van der Waals surface area contributed by atoms with E-state index >= 15 is 0 Å². The van der Waals surface area contributed by atoms with E-state index in [1.165, 1.54) is 22.5 Å². The predicted molar refractivity (Wildman–Crippen MR) is 114 cm³/mol. The number of Topliss-reactive ketones (excluding diaryl/α,β-unsaturated/α-hetero) is 1. The molecule has 3 rings (SSSR count). The van der Waals surface area contributed by atoms with Gasteiger partial charge in [0.25, 0.3) is 0 Å².